The van der Waals surface area contributed by atoms with E-state index in [4.69, 9.17) is 17.3 Å². The lowest BCUT2D eigenvalue weighted by Crippen LogP contribution is -2.30. The number of nitrogen functional groups attached to an aromatic ring is 1. The van der Waals surface area contributed by atoms with Gasteiger partial charge in [-0.3, -0.25) is 0 Å². The molecule has 1 aromatic carbocycles. The summed E-state index contributed by atoms with van der Waals surface area (Å²) in [6.45, 7) is 2.08. The molecule has 0 unspecified atom stereocenters. The van der Waals surface area contributed by atoms with Gasteiger partial charge in [-0.15, -0.1) is 0 Å². The van der Waals surface area contributed by atoms with E-state index in [2.05, 4.69) is 0 Å². The van der Waals surface area contributed by atoms with Crippen molar-refractivity contribution in [1.29, 1.82) is 0 Å². The molecule has 1 saturated heterocycles. The zero-order valence-electron chi connectivity index (χ0n) is 9.93. The highest BCUT2D eigenvalue weighted by molar-refractivity contribution is 7.89. The molecule has 0 spiro atoms. The normalized spacial score (nSPS) is 21.4. The summed E-state index contributed by atoms with van der Waals surface area (Å²) in [5.74, 6) is 0. The van der Waals surface area contributed by atoms with Crippen LogP contribution in [0.2, 0.25) is 5.02 Å². The first kappa shape index (κ1) is 13.6. The fourth-order valence-corrected chi connectivity index (χ4v) is 4.07. The van der Waals surface area contributed by atoms with Crippen molar-refractivity contribution in [2.45, 2.75) is 24.3 Å². The maximum Gasteiger partial charge on any atom is 0.243 e. The maximum absolute atomic E-state index is 12.4. The Labute approximate surface area is 111 Å². The van der Waals surface area contributed by atoms with Gasteiger partial charge >= 0.3 is 0 Å². The SMILES string of the molecule is Cc1c(N)cc(Cl)cc1S(=O)(=O)N1CC[C@H](O)C1. The van der Waals surface area contributed by atoms with Gasteiger partial charge in [-0.25, -0.2) is 8.42 Å². The number of β-amino-alcohol motifs (C(OH)–C–C–N with tert-alkyl or cyclic N) is 1. The molecule has 0 aliphatic carbocycles. The Morgan fingerprint density at radius 3 is 2.72 bits per heavy atom. The summed E-state index contributed by atoms with van der Waals surface area (Å²) >= 11 is 5.85. The van der Waals surface area contributed by atoms with Crippen LogP contribution in [0.25, 0.3) is 0 Å². The highest BCUT2D eigenvalue weighted by atomic mass is 35.5. The summed E-state index contributed by atoms with van der Waals surface area (Å²) in [7, 11) is -3.64. The molecule has 0 saturated carbocycles. The summed E-state index contributed by atoms with van der Waals surface area (Å²) in [5.41, 5.74) is 6.56. The average Bonchev–Trinajstić information content (AvgIpc) is 2.70. The summed E-state index contributed by atoms with van der Waals surface area (Å²) in [6, 6.07) is 2.92. The third kappa shape index (κ3) is 2.33. The molecule has 1 aromatic rings. The molecule has 3 N–H and O–H groups in total. The van der Waals surface area contributed by atoms with E-state index in [0.29, 0.717) is 24.2 Å². The van der Waals surface area contributed by atoms with E-state index >= 15 is 0 Å². The van der Waals surface area contributed by atoms with Gasteiger partial charge in [-0.2, -0.15) is 4.31 Å². The second-order valence-electron chi connectivity index (χ2n) is 4.42. The number of rotatable bonds is 2. The molecule has 7 heteroatoms. The predicted molar refractivity (Wildman–Crippen MR) is 70.0 cm³/mol. The van der Waals surface area contributed by atoms with E-state index in [1.165, 1.54) is 16.4 Å². The van der Waals surface area contributed by atoms with Crippen LogP contribution in [-0.2, 0) is 10.0 Å². The first-order chi connectivity index (χ1) is 8.32. The number of nitrogens with zero attached hydrogens (tertiary/aromatic N) is 1. The molecule has 100 valence electrons. The Bertz CT molecular complexity index is 574. The zero-order valence-corrected chi connectivity index (χ0v) is 11.5. The van der Waals surface area contributed by atoms with Crippen LogP contribution in [0, 0.1) is 6.92 Å². The quantitative estimate of drug-likeness (QED) is 0.796. The molecule has 1 fully saturated rings. The fourth-order valence-electron chi connectivity index (χ4n) is 2.01. The standard InChI is InChI=1S/C11H15ClN2O3S/c1-7-10(13)4-8(12)5-11(7)18(16,17)14-3-2-9(15)6-14/h4-5,9,15H,2-3,6,13H2,1H3/t9-/m0/s1. The van der Waals surface area contributed by atoms with E-state index in [9.17, 15) is 13.5 Å². The van der Waals surface area contributed by atoms with Crippen molar-refractivity contribution in [3.05, 3.63) is 22.7 Å². The Kier molecular flexibility index (Phi) is 3.55. The smallest absolute Gasteiger partial charge is 0.243 e. The number of anilines is 1. The van der Waals surface area contributed by atoms with Gasteiger partial charge in [0.1, 0.15) is 0 Å². The van der Waals surface area contributed by atoms with Gasteiger partial charge in [0.25, 0.3) is 0 Å². The molecule has 1 atom stereocenters. The number of sulfonamides is 1. The molecule has 2 rings (SSSR count). The van der Waals surface area contributed by atoms with Gasteiger partial charge in [-0.05, 0) is 31.0 Å². The van der Waals surface area contributed by atoms with E-state index in [1.807, 2.05) is 0 Å². The number of aliphatic hydroxyl groups is 1. The average molecular weight is 291 g/mol. The van der Waals surface area contributed by atoms with Crippen LogP contribution in [0.4, 0.5) is 5.69 Å². The summed E-state index contributed by atoms with van der Waals surface area (Å²) in [5, 5.41) is 9.72. The van der Waals surface area contributed by atoms with Gasteiger partial charge in [0.2, 0.25) is 10.0 Å². The third-order valence-electron chi connectivity index (χ3n) is 3.11. The third-order valence-corrected chi connectivity index (χ3v) is 5.32. The van der Waals surface area contributed by atoms with Crippen molar-refractivity contribution in [2.75, 3.05) is 18.8 Å². The largest absolute Gasteiger partial charge is 0.398 e. The number of hydrogen-bond acceptors (Lipinski definition) is 4. The van der Waals surface area contributed by atoms with Crippen molar-refractivity contribution >= 4 is 27.3 Å². The van der Waals surface area contributed by atoms with Crippen molar-refractivity contribution in [1.82, 2.24) is 4.31 Å². The van der Waals surface area contributed by atoms with Crippen molar-refractivity contribution in [3.63, 3.8) is 0 Å². The Hall–Kier alpha value is -0.820. The monoisotopic (exact) mass is 290 g/mol. The fraction of sp³-hybridized carbons (Fsp3) is 0.455. The Morgan fingerprint density at radius 1 is 1.50 bits per heavy atom. The predicted octanol–water partition coefficient (Wildman–Crippen LogP) is 0.986. The topological polar surface area (TPSA) is 83.6 Å². The molecule has 1 heterocycles. The summed E-state index contributed by atoms with van der Waals surface area (Å²) < 4.78 is 26.1. The minimum absolute atomic E-state index is 0.113. The molecule has 0 amide bonds. The molecule has 0 aromatic heterocycles. The van der Waals surface area contributed by atoms with Crippen LogP contribution >= 0.6 is 11.6 Å². The highest BCUT2D eigenvalue weighted by Crippen LogP contribution is 2.29. The van der Waals surface area contributed by atoms with Crippen molar-refractivity contribution < 1.29 is 13.5 Å². The van der Waals surface area contributed by atoms with Gasteiger partial charge in [0.15, 0.2) is 0 Å². The lowest BCUT2D eigenvalue weighted by Gasteiger charge is -2.18. The van der Waals surface area contributed by atoms with E-state index in [-0.39, 0.29) is 16.5 Å². The lowest BCUT2D eigenvalue weighted by atomic mass is 10.2. The minimum atomic E-state index is -3.64. The lowest BCUT2D eigenvalue weighted by molar-refractivity contribution is 0.189. The molecule has 1 aliphatic heterocycles. The molecule has 1 aliphatic rings. The van der Waals surface area contributed by atoms with E-state index < -0.39 is 16.1 Å². The summed E-state index contributed by atoms with van der Waals surface area (Å²) in [6.07, 6.45) is -0.148. The molecule has 5 nitrogen and oxygen atoms in total. The maximum atomic E-state index is 12.4. The zero-order chi connectivity index (χ0) is 13.5. The van der Waals surface area contributed by atoms with Gasteiger partial charge in [-0.1, -0.05) is 11.6 Å². The minimum Gasteiger partial charge on any atom is -0.398 e. The Balaban J connectivity index is 2.48. The Morgan fingerprint density at radius 2 is 2.17 bits per heavy atom. The van der Waals surface area contributed by atoms with Crippen LogP contribution in [0.5, 0.6) is 0 Å². The van der Waals surface area contributed by atoms with Gasteiger partial charge in [0, 0.05) is 23.8 Å². The second kappa shape index (κ2) is 4.70. The van der Waals surface area contributed by atoms with Crippen molar-refractivity contribution in [2.24, 2.45) is 0 Å². The highest BCUT2D eigenvalue weighted by Gasteiger charge is 2.33. The number of benzene rings is 1. The second-order valence-corrected chi connectivity index (χ2v) is 6.77. The van der Waals surface area contributed by atoms with E-state index in [0.717, 1.165) is 0 Å². The van der Waals surface area contributed by atoms with Crippen LogP contribution in [0.3, 0.4) is 0 Å². The number of hydrogen-bond donors (Lipinski definition) is 2. The van der Waals surface area contributed by atoms with Crippen LogP contribution in [0.1, 0.15) is 12.0 Å². The van der Waals surface area contributed by atoms with Crippen molar-refractivity contribution in [3.8, 4) is 0 Å². The first-order valence-electron chi connectivity index (χ1n) is 5.56. The van der Waals surface area contributed by atoms with Crippen LogP contribution in [0.15, 0.2) is 17.0 Å². The summed E-state index contributed by atoms with van der Waals surface area (Å²) in [4.78, 5) is 0.113. The van der Waals surface area contributed by atoms with Gasteiger partial charge in [0.05, 0.1) is 11.0 Å². The molecule has 0 bridgehead atoms. The molecular weight excluding hydrogens is 276 g/mol. The number of nitrogens with two attached hydrogens (primary N) is 1. The van der Waals surface area contributed by atoms with Gasteiger partial charge < -0.3 is 10.8 Å². The van der Waals surface area contributed by atoms with Crippen LogP contribution < -0.4 is 5.73 Å². The number of aliphatic hydroxyl groups excluding tert-OH is 1. The van der Waals surface area contributed by atoms with E-state index in [1.54, 1.807) is 6.92 Å². The molecule has 0 radical (unpaired) electrons. The number of halogens is 1. The van der Waals surface area contributed by atoms with Crippen LogP contribution in [-0.4, -0.2) is 37.0 Å². The molecule has 18 heavy (non-hydrogen) atoms. The molecular formula is C11H15ClN2O3S. The first-order valence-corrected chi connectivity index (χ1v) is 7.38.